The molecule has 1 saturated carbocycles. The smallest absolute Gasteiger partial charge is 0.322 e. The summed E-state index contributed by atoms with van der Waals surface area (Å²) < 4.78 is 4.65. The highest BCUT2D eigenvalue weighted by molar-refractivity contribution is 5.75. The van der Waals surface area contributed by atoms with Crippen molar-refractivity contribution in [3.05, 3.63) is 0 Å². The van der Waals surface area contributed by atoms with Gasteiger partial charge < -0.3 is 10.1 Å². The Balaban J connectivity index is 2.15. The summed E-state index contributed by atoms with van der Waals surface area (Å²) in [7, 11) is 1.43. The number of esters is 1. The Kier molecular flexibility index (Phi) is 4.94. The highest BCUT2D eigenvalue weighted by Gasteiger charge is 2.17. The van der Waals surface area contributed by atoms with Crippen molar-refractivity contribution in [3.63, 3.8) is 0 Å². The molecule has 1 rings (SSSR count). The maximum Gasteiger partial charge on any atom is 0.322 e. The largest absolute Gasteiger partial charge is 0.468 e. The van der Waals surface area contributed by atoms with Crippen molar-refractivity contribution >= 4 is 5.97 Å². The summed E-state index contributed by atoms with van der Waals surface area (Å²) in [4.78, 5) is 11.1. The molecule has 0 bridgehead atoms. The van der Waals surface area contributed by atoms with Crippen LogP contribution in [0.3, 0.4) is 0 Å². The number of methoxy groups -OCH3 is 1. The van der Waals surface area contributed by atoms with Crippen molar-refractivity contribution in [1.82, 2.24) is 5.32 Å². The first-order valence-corrected chi connectivity index (χ1v) is 5.55. The van der Waals surface area contributed by atoms with E-state index in [4.69, 9.17) is 0 Å². The van der Waals surface area contributed by atoms with Gasteiger partial charge in [0.05, 0.1) is 7.11 Å². The van der Waals surface area contributed by atoms with E-state index in [2.05, 4.69) is 10.1 Å². The van der Waals surface area contributed by atoms with Crippen molar-refractivity contribution in [1.29, 1.82) is 0 Å². The summed E-state index contributed by atoms with van der Waals surface area (Å²) >= 11 is 0. The van der Waals surface area contributed by atoms with E-state index in [0.29, 0.717) is 0 Å². The minimum absolute atomic E-state index is 0.165. The average molecular weight is 199 g/mol. The maximum absolute atomic E-state index is 11.1. The van der Waals surface area contributed by atoms with E-state index in [9.17, 15) is 4.79 Å². The minimum Gasteiger partial charge on any atom is -0.468 e. The van der Waals surface area contributed by atoms with Gasteiger partial charge in [-0.25, -0.2) is 0 Å². The predicted octanol–water partition coefficient (Wildman–Crippen LogP) is 1.72. The van der Waals surface area contributed by atoms with Crippen LogP contribution in [0, 0.1) is 5.92 Å². The molecule has 1 N–H and O–H groups in total. The Morgan fingerprint density at radius 2 is 2.07 bits per heavy atom. The molecule has 1 fully saturated rings. The van der Waals surface area contributed by atoms with Gasteiger partial charge in [-0.05, 0) is 32.2 Å². The van der Waals surface area contributed by atoms with Crippen LogP contribution in [0.1, 0.15) is 39.0 Å². The van der Waals surface area contributed by atoms with Crippen LogP contribution >= 0.6 is 0 Å². The highest BCUT2D eigenvalue weighted by Crippen LogP contribution is 2.22. The molecule has 3 heteroatoms. The molecule has 1 atom stereocenters. The predicted molar refractivity (Wildman–Crippen MR) is 56.1 cm³/mol. The third kappa shape index (κ3) is 3.66. The molecule has 0 aliphatic heterocycles. The molecule has 0 unspecified atom stereocenters. The van der Waals surface area contributed by atoms with Crippen molar-refractivity contribution in [2.24, 2.45) is 5.92 Å². The monoisotopic (exact) mass is 199 g/mol. The van der Waals surface area contributed by atoms with Crippen LogP contribution in [0.15, 0.2) is 0 Å². The summed E-state index contributed by atoms with van der Waals surface area (Å²) in [5, 5.41) is 3.23. The number of rotatable bonds is 4. The van der Waals surface area contributed by atoms with Gasteiger partial charge in [0.25, 0.3) is 0 Å². The first kappa shape index (κ1) is 11.5. The molecule has 0 aromatic rings. The number of carbonyl (C=O) groups is 1. The van der Waals surface area contributed by atoms with Gasteiger partial charge in [-0.1, -0.05) is 19.3 Å². The van der Waals surface area contributed by atoms with E-state index in [0.717, 1.165) is 12.5 Å². The molecule has 0 spiro atoms. The van der Waals surface area contributed by atoms with Crippen LogP contribution in [-0.4, -0.2) is 25.7 Å². The lowest BCUT2D eigenvalue weighted by molar-refractivity contribution is -0.142. The van der Waals surface area contributed by atoms with Crippen LogP contribution in [0.4, 0.5) is 0 Å². The highest BCUT2D eigenvalue weighted by atomic mass is 16.5. The van der Waals surface area contributed by atoms with Crippen molar-refractivity contribution in [2.75, 3.05) is 13.7 Å². The lowest BCUT2D eigenvalue weighted by Gasteiger charge is -2.23. The SMILES string of the molecule is COC(=O)[C@H](C)NCC1CCCCC1. The average Bonchev–Trinajstić information content (AvgIpc) is 2.26. The topological polar surface area (TPSA) is 38.3 Å². The molecular weight excluding hydrogens is 178 g/mol. The number of hydrogen-bond donors (Lipinski definition) is 1. The second kappa shape index (κ2) is 6.02. The number of hydrogen-bond acceptors (Lipinski definition) is 3. The lowest BCUT2D eigenvalue weighted by atomic mass is 9.89. The van der Waals surface area contributed by atoms with Gasteiger partial charge in [0.1, 0.15) is 6.04 Å². The standard InChI is InChI=1S/C11H21NO2/c1-9(11(13)14-2)12-8-10-6-4-3-5-7-10/h9-10,12H,3-8H2,1-2H3/t9-/m0/s1. The van der Waals surface area contributed by atoms with Gasteiger partial charge >= 0.3 is 5.97 Å². The van der Waals surface area contributed by atoms with Crippen LogP contribution in [0.5, 0.6) is 0 Å². The Hall–Kier alpha value is -0.570. The molecule has 1 aliphatic carbocycles. The van der Waals surface area contributed by atoms with Gasteiger partial charge in [0.2, 0.25) is 0 Å². The van der Waals surface area contributed by atoms with Crippen LogP contribution in [0.2, 0.25) is 0 Å². The van der Waals surface area contributed by atoms with Gasteiger partial charge in [0, 0.05) is 0 Å². The minimum atomic E-state index is -0.166. The molecule has 82 valence electrons. The molecule has 0 aromatic heterocycles. The summed E-state index contributed by atoms with van der Waals surface area (Å²) in [5.74, 6) is 0.594. The second-order valence-electron chi connectivity index (χ2n) is 4.16. The van der Waals surface area contributed by atoms with E-state index < -0.39 is 0 Å². The Labute approximate surface area is 86.2 Å². The zero-order chi connectivity index (χ0) is 10.4. The van der Waals surface area contributed by atoms with Gasteiger partial charge in [-0.2, -0.15) is 0 Å². The Morgan fingerprint density at radius 1 is 1.43 bits per heavy atom. The second-order valence-corrected chi connectivity index (χ2v) is 4.16. The quantitative estimate of drug-likeness (QED) is 0.701. The summed E-state index contributed by atoms with van der Waals surface area (Å²) in [6, 6.07) is -0.165. The van der Waals surface area contributed by atoms with E-state index >= 15 is 0 Å². The third-order valence-corrected chi connectivity index (χ3v) is 2.99. The van der Waals surface area contributed by atoms with Crippen molar-refractivity contribution in [3.8, 4) is 0 Å². The van der Waals surface area contributed by atoms with Crippen molar-refractivity contribution in [2.45, 2.75) is 45.1 Å². The maximum atomic E-state index is 11.1. The summed E-state index contributed by atoms with van der Waals surface area (Å²) in [6.45, 7) is 2.81. The van der Waals surface area contributed by atoms with E-state index in [1.807, 2.05) is 6.92 Å². The first-order valence-electron chi connectivity index (χ1n) is 5.55. The van der Waals surface area contributed by atoms with Crippen molar-refractivity contribution < 1.29 is 9.53 Å². The van der Waals surface area contributed by atoms with Gasteiger partial charge in [-0.15, -0.1) is 0 Å². The summed E-state index contributed by atoms with van der Waals surface area (Å²) in [5.41, 5.74) is 0. The molecule has 3 nitrogen and oxygen atoms in total. The molecule has 0 heterocycles. The molecule has 0 saturated heterocycles. The molecule has 1 aliphatic rings. The number of ether oxygens (including phenoxy) is 1. The fourth-order valence-electron chi connectivity index (χ4n) is 1.99. The molecule has 0 aromatic carbocycles. The number of nitrogens with one attached hydrogen (secondary N) is 1. The van der Waals surface area contributed by atoms with E-state index in [-0.39, 0.29) is 12.0 Å². The Bertz CT molecular complexity index is 176. The molecule has 0 amide bonds. The third-order valence-electron chi connectivity index (χ3n) is 2.99. The number of carbonyl (C=O) groups excluding carboxylic acids is 1. The van der Waals surface area contributed by atoms with Crippen LogP contribution in [-0.2, 0) is 9.53 Å². The normalized spacial score (nSPS) is 20.4. The Morgan fingerprint density at radius 3 is 2.64 bits per heavy atom. The van der Waals surface area contributed by atoms with Gasteiger partial charge in [0.15, 0.2) is 0 Å². The zero-order valence-electron chi connectivity index (χ0n) is 9.21. The van der Waals surface area contributed by atoms with Crippen LogP contribution in [0.25, 0.3) is 0 Å². The fraction of sp³-hybridized carbons (Fsp3) is 0.909. The van der Waals surface area contributed by atoms with Crippen LogP contribution < -0.4 is 5.32 Å². The first-order chi connectivity index (χ1) is 6.74. The lowest BCUT2D eigenvalue weighted by Crippen LogP contribution is -2.38. The fourth-order valence-corrected chi connectivity index (χ4v) is 1.99. The zero-order valence-corrected chi connectivity index (χ0v) is 9.21. The van der Waals surface area contributed by atoms with Gasteiger partial charge in [-0.3, -0.25) is 4.79 Å². The van der Waals surface area contributed by atoms with E-state index in [1.54, 1.807) is 0 Å². The molecule has 0 radical (unpaired) electrons. The molecular formula is C11H21NO2. The van der Waals surface area contributed by atoms with E-state index in [1.165, 1.54) is 39.2 Å². The summed E-state index contributed by atoms with van der Waals surface area (Å²) in [6.07, 6.45) is 6.68. The molecule has 14 heavy (non-hydrogen) atoms.